The van der Waals surface area contributed by atoms with Gasteiger partial charge < -0.3 is 19.0 Å². The fraction of sp³-hybridized carbons (Fsp3) is 0.300. The molecule has 0 bridgehead atoms. The van der Waals surface area contributed by atoms with Gasteiger partial charge in [0.25, 0.3) is 5.91 Å². The van der Waals surface area contributed by atoms with Gasteiger partial charge >= 0.3 is 0 Å². The zero-order chi connectivity index (χ0) is 18.8. The first-order valence-electron chi connectivity index (χ1n) is 9.01. The molecule has 3 heterocycles. The molecule has 0 saturated carbocycles. The summed E-state index contributed by atoms with van der Waals surface area (Å²) < 4.78 is 11.4. The highest BCUT2D eigenvalue weighted by atomic mass is 16.5. The van der Waals surface area contributed by atoms with Crippen LogP contribution in [0, 0.1) is 0 Å². The zero-order valence-corrected chi connectivity index (χ0v) is 15.4. The van der Waals surface area contributed by atoms with Crippen molar-refractivity contribution in [3.8, 4) is 17.2 Å². The van der Waals surface area contributed by atoms with Crippen molar-refractivity contribution in [1.29, 1.82) is 0 Å². The number of aromatic nitrogens is 2. The number of ether oxygens (including phenoxy) is 1. The Morgan fingerprint density at radius 2 is 2.19 bits per heavy atom. The Morgan fingerprint density at radius 3 is 2.96 bits per heavy atom. The van der Waals surface area contributed by atoms with E-state index < -0.39 is 0 Å². The standard InChI is InChI=1S/C20H22N4O3/c1-3-24-13-14(27-19-8-5-4-7-17(19)24)12-23(2)20(25)16-11-15(21-22-16)18-9-6-10-26-18/h4-11,14H,3,12-13H2,1-2H3,(H,21,22)/t14-/m1/s1. The number of aromatic amines is 1. The predicted octanol–water partition coefficient (Wildman–Crippen LogP) is 3.03. The summed E-state index contributed by atoms with van der Waals surface area (Å²) in [7, 11) is 1.77. The van der Waals surface area contributed by atoms with Crippen LogP contribution < -0.4 is 9.64 Å². The van der Waals surface area contributed by atoms with Crippen LogP contribution in [-0.2, 0) is 0 Å². The summed E-state index contributed by atoms with van der Waals surface area (Å²) in [4.78, 5) is 16.7. The van der Waals surface area contributed by atoms with Gasteiger partial charge in [-0.3, -0.25) is 9.89 Å². The minimum atomic E-state index is -0.158. The second-order valence-corrected chi connectivity index (χ2v) is 6.58. The van der Waals surface area contributed by atoms with Gasteiger partial charge in [0.05, 0.1) is 25.0 Å². The van der Waals surface area contributed by atoms with Crippen molar-refractivity contribution in [2.75, 3.05) is 31.6 Å². The molecular weight excluding hydrogens is 344 g/mol. The normalized spacial score (nSPS) is 15.9. The number of hydrogen-bond acceptors (Lipinski definition) is 5. The van der Waals surface area contributed by atoms with E-state index in [4.69, 9.17) is 9.15 Å². The van der Waals surface area contributed by atoms with Gasteiger partial charge in [-0.2, -0.15) is 5.10 Å². The molecule has 0 fully saturated rings. The van der Waals surface area contributed by atoms with E-state index in [1.807, 2.05) is 24.3 Å². The fourth-order valence-electron chi connectivity index (χ4n) is 3.35. The largest absolute Gasteiger partial charge is 0.485 e. The van der Waals surface area contributed by atoms with Crippen molar-refractivity contribution >= 4 is 11.6 Å². The molecule has 1 atom stereocenters. The van der Waals surface area contributed by atoms with Crippen LogP contribution >= 0.6 is 0 Å². The average Bonchev–Trinajstić information content (AvgIpc) is 3.38. The molecule has 7 heteroatoms. The predicted molar refractivity (Wildman–Crippen MR) is 102 cm³/mol. The summed E-state index contributed by atoms with van der Waals surface area (Å²) in [5.74, 6) is 1.35. The molecule has 3 aromatic rings. The van der Waals surface area contributed by atoms with Crippen LogP contribution in [0.5, 0.6) is 5.75 Å². The van der Waals surface area contributed by atoms with Crippen LogP contribution in [0.2, 0.25) is 0 Å². The van der Waals surface area contributed by atoms with Crippen LogP contribution in [0.4, 0.5) is 5.69 Å². The Bertz CT molecular complexity index is 919. The molecule has 7 nitrogen and oxygen atoms in total. The van der Waals surface area contributed by atoms with Crippen molar-refractivity contribution in [2.24, 2.45) is 0 Å². The quantitative estimate of drug-likeness (QED) is 0.751. The van der Waals surface area contributed by atoms with Gasteiger partial charge in [-0.15, -0.1) is 0 Å². The number of furan rings is 1. The summed E-state index contributed by atoms with van der Waals surface area (Å²) in [5, 5.41) is 6.97. The molecule has 140 valence electrons. The van der Waals surface area contributed by atoms with E-state index >= 15 is 0 Å². The van der Waals surface area contributed by atoms with E-state index in [-0.39, 0.29) is 12.0 Å². The second-order valence-electron chi connectivity index (χ2n) is 6.58. The number of likely N-dealkylation sites (N-methyl/N-ethyl adjacent to an activating group) is 2. The van der Waals surface area contributed by atoms with Gasteiger partial charge in [-0.05, 0) is 31.2 Å². The van der Waals surface area contributed by atoms with Crippen LogP contribution in [0.3, 0.4) is 0 Å². The molecule has 1 amide bonds. The summed E-state index contributed by atoms with van der Waals surface area (Å²) in [6.07, 6.45) is 1.49. The lowest BCUT2D eigenvalue weighted by Crippen LogP contribution is -2.46. The zero-order valence-electron chi connectivity index (χ0n) is 15.4. The van der Waals surface area contributed by atoms with E-state index in [9.17, 15) is 4.79 Å². The van der Waals surface area contributed by atoms with Gasteiger partial charge in [0.15, 0.2) is 11.5 Å². The number of nitrogens with zero attached hydrogens (tertiary/aromatic N) is 3. The Hall–Kier alpha value is -3.22. The summed E-state index contributed by atoms with van der Waals surface area (Å²) >= 11 is 0. The Morgan fingerprint density at radius 1 is 1.33 bits per heavy atom. The molecule has 4 rings (SSSR count). The first-order valence-corrected chi connectivity index (χ1v) is 9.01. The third-order valence-corrected chi connectivity index (χ3v) is 4.71. The summed E-state index contributed by atoms with van der Waals surface area (Å²) in [6.45, 7) is 4.23. The number of rotatable bonds is 5. The van der Waals surface area contributed by atoms with Crippen LogP contribution in [-0.4, -0.2) is 53.8 Å². The SMILES string of the molecule is CCN1C[C@@H](CN(C)C(=O)c2cc(-c3ccco3)[nH]n2)Oc2ccccc21. The maximum atomic E-state index is 12.7. The Labute approximate surface area is 157 Å². The summed E-state index contributed by atoms with van der Waals surface area (Å²) in [6, 6.07) is 13.3. The maximum Gasteiger partial charge on any atom is 0.274 e. The number of nitrogens with one attached hydrogen (secondary N) is 1. The van der Waals surface area contributed by atoms with Crippen molar-refractivity contribution in [3.05, 3.63) is 54.4 Å². The monoisotopic (exact) mass is 366 g/mol. The third kappa shape index (κ3) is 3.40. The van der Waals surface area contributed by atoms with Crippen LogP contribution in [0.15, 0.2) is 53.1 Å². The summed E-state index contributed by atoms with van der Waals surface area (Å²) in [5.41, 5.74) is 2.13. The molecule has 1 aromatic carbocycles. The molecule has 0 saturated heterocycles. The molecule has 0 radical (unpaired) electrons. The molecule has 1 aliphatic heterocycles. The number of anilines is 1. The number of para-hydroxylation sites is 2. The molecule has 0 spiro atoms. The molecule has 0 aliphatic carbocycles. The lowest BCUT2D eigenvalue weighted by molar-refractivity contribution is 0.0704. The van der Waals surface area contributed by atoms with Gasteiger partial charge in [-0.1, -0.05) is 12.1 Å². The van der Waals surface area contributed by atoms with Gasteiger partial charge in [0.1, 0.15) is 17.5 Å². The molecule has 27 heavy (non-hydrogen) atoms. The third-order valence-electron chi connectivity index (χ3n) is 4.71. The van der Waals surface area contributed by atoms with E-state index in [2.05, 4.69) is 28.1 Å². The lowest BCUT2D eigenvalue weighted by atomic mass is 10.1. The minimum absolute atomic E-state index is 0.0997. The molecule has 0 unspecified atom stereocenters. The van der Waals surface area contributed by atoms with E-state index in [0.29, 0.717) is 23.7 Å². The van der Waals surface area contributed by atoms with Gasteiger partial charge in [0.2, 0.25) is 0 Å². The Balaban J connectivity index is 1.45. The number of fused-ring (bicyclic) bond motifs is 1. The van der Waals surface area contributed by atoms with Crippen LogP contribution in [0.1, 0.15) is 17.4 Å². The van der Waals surface area contributed by atoms with Gasteiger partial charge in [0, 0.05) is 19.7 Å². The lowest BCUT2D eigenvalue weighted by Gasteiger charge is -2.37. The fourth-order valence-corrected chi connectivity index (χ4v) is 3.35. The molecule has 1 N–H and O–H groups in total. The number of carbonyl (C=O) groups is 1. The number of carbonyl (C=O) groups excluding carboxylic acids is 1. The Kier molecular flexibility index (Phi) is 4.58. The highest BCUT2D eigenvalue weighted by Crippen LogP contribution is 2.33. The van der Waals surface area contributed by atoms with E-state index in [1.165, 1.54) is 0 Å². The topological polar surface area (TPSA) is 74.6 Å². The first kappa shape index (κ1) is 17.2. The molecule has 1 aliphatic rings. The smallest absolute Gasteiger partial charge is 0.274 e. The van der Waals surface area contributed by atoms with Crippen molar-refractivity contribution < 1.29 is 13.9 Å². The number of H-pyrrole nitrogens is 1. The number of benzene rings is 1. The number of hydrogen-bond donors (Lipinski definition) is 1. The second kappa shape index (κ2) is 7.19. The maximum absolute atomic E-state index is 12.7. The minimum Gasteiger partial charge on any atom is -0.485 e. The molecular formula is C20H22N4O3. The van der Waals surface area contributed by atoms with Crippen LogP contribution in [0.25, 0.3) is 11.5 Å². The first-order chi connectivity index (χ1) is 13.2. The average molecular weight is 366 g/mol. The highest BCUT2D eigenvalue weighted by molar-refractivity contribution is 5.93. The highest BCUT2D eigenvalue weighted by Gasteiger charge is 2.27. The van der Waals surface area contributed by atoms with E-state index in [1.54, 1.807) is 30.3 Å². The van der Waals surface area contributed by atoms with Crippen molar-refractivity contribution in [1.82, 2.24) is 15.1 Å². The number of amides is 1. The van der Waals surface area contributed by atoms with Crippen molar-refractivity contribution in [3.63, 3.8) is 0 Å². The van der Waals surface area contributed by atoms with Crippen molar-refractivity contribution in [2.45, 2.75) is 13.0 Å². The van der Waals surface area contributed by atoms with Gasteiger partial charge in [-0.25, -0.2) is 0 Å². The van der Waals surface area contributed by atoms with E-state index in [0.717, 1.165) is 24.5 Å². The molecule has 2 aromatic heterocycles.